The SMILES string of the molecule is C=Cc1c(CN(C(=O)[C@H]2CNCCO2)C2CC2)nn(CCCOC)c1C=C. The largest absolute Gasteiger partial charge is 0.385 e. The number of nitrogens with one attached hydrogen (secondary N) is 1. The molecule has 1 N–H and O–H groups in total. The Bertz CT molecular complexity index is 675. The van der Waals surface area contributed by atoms with Gasteiger partial charge in [0, 0.05) is 45.0 Å². The maximum atomic E-state index is 13.0. The Labute approximate surface area is 161 Å². The first-order valence-corrected chi connectivity index (χ1v) is 9.65. The minimum Gasteiger partial charge on any atom is -0.385 e. The van der Waals surface area contributed by atoms with E-state index < -0.39 is 6.10 Å². The average molecular weight is 374 g/mol. The van der Waals surface area contributed by atoms with Crippen molar-refractivity contribution in [2.45, 2.75) is 44.5 Å². The highest BCUT2D eigenvalue weighted by Crippen LogP contribution is 2.30. The van der Waals surface area contributed by atoms with Crippen molar-refractivity contribution in [3.63, 3.8) is 0 Å². The maximum Gasteiger partial charge on any atom is 0.253 e. The van der Waals surface area contributed by atoms with Gasteiger partial charge in [0.2, 0.25) is 0 Å². The quantitative estimate of drug-likeness (QED) is 0.631. The monoisotopic (exact) mass is 374 g/mol. The van der Waals surface area contributed by atoms with Crippen LogP contribution in [0.15, 0.2) is 13.2 Å². The number of morpholine rings is 1. The molecule has 1 saturated carbocycles. The van der Waals surface area contributed by atoms with Gasteiger partial charge >= 0.3 is 0 Å². The van der Waals surface area contributed by atoms with E-state index in [-0.39, 0.29) is 11.9 Å². The van der Waals surface area contributed by atoms with Gasteiger partial charge in [0.05, 0.1) is 24.5 Å². The number of carbonyl (C=O) groups is 1. The Morgan fingerprint density at radius 2 is 2.26 bits per heavy atom. The summed E-state index contributed by atoms with van der Waals surface area (Å²) in [7, 11) is 1.69. The van der Waals surface area contributed by atoms with Crippen LogP contribution < -0.4 is 5.32 Å². The number of hydrogen-bond acceptors (Lipinski definition) is 5. The second-order valence-electron chi connectivity index (χ2n) is 6.98. The van der Waals surface area contributed by atoms with Crippen LogP contribution in [-0.2, 0) is 27.4 Å². The molecule has 7 nitrogen and oxygen atoms in total. The number of amides is 1. The molecule has 27 heavy (non-hydrogen) atoms. The highest BCUT2D eigenvalue weighted by Gasteiger charge is 2.37. The number of nitrogens with zero attached hydrogens (tertiary/aromatic N) is 3. The van der Waals surface area contributed by atoms with Gasteiger partial charge in [0.25, 0.3) is 5.91 Å². The van der Waals surface area contributed by atoms with Crippen molar-refractivity contribution in [2.24, 2.45) is 0 Å². The first-order valence-electron chi connectivity index (χ1n) is 9.65. The summed E-state index contributed by atoms with van der Waals surface area (Å²) in [6.45, 7) is 11.7. The van der Waals surface area contributed by atoms with Crippen LogP contribution in [-0.4, -0.2) is 66.1 Å². The molecule has 2 fully saturated rings. The van der Waals surface area contributed by atoms with Crippen molar-refractivity contribution in [1.29, 1.82) is 0 Å². The summed E-state index contributed by atoms with van der Waals surface area (Å²) in [6, 6.07) is 0.284. The van der Waals surface area contributed by atoms with E-state index in [1.165, 1.54) is 0 Å². The number of aryl methyl sites for hydroxylation is 1. The molecule has 1 aliphatic heterocycles. The van der Waals surface area contributed by atoms with Gasteiger partial charge in [-0.2, -0.15) is 5.10 Å². The van der Waals surface area contributed by atoms with Crippen LogP contribution in [0.3, 0.4) is 0 Å². The number of methoxy groups -OCH3 is 1. The third kappa shape index (κ3) is 4.66. The lowest BCUT2D eigenvalue weighted by Gasteiger charge is -2.29. The summed E-state index contributed by atoms with van der Waals surface area (Å²) in [5, 5.41) is 8.00. The Hall–Kier alpha value is -1.96. The second-order valence-corrected chi connectivity index (χ2v) is 6.98. The van der Waals surface area contributed by atoms with Crippen LogP contribution in [0.1, 0.15) is 36.2 Å². The molecule has 0 aromatic carbocycles. The molecule has 7 heteroatoms. The lowest BCUT2D eigenvalue weighted by atomic mass is 10.1. The molecule has 1 amide bonds. The predicted octanol–water partition coefficient (Wildman–Crippen LogP) is 1.68. The van der Waals surface area contributed by atoms with Crippen LogP contribution in [0, 0.1) is 0 Å². The van der Waals surface area contributed by atoms with Gasteiger partial charge in [-0.1, -0.05) is 19.2 Å². The van der Waals surface area contributed by atoms with E-state index in [9.17, 15) is 4.79 Å². The predicted molar refractivity (Wildman–Crippen MR) is 105 cm³/mol. The van der Waals surface area contributed by atoms with E-state index in [1.54, 1.807) is 19.3 Å². The normalized spacial score (nSPS) is 19.7. The Kier molecular flexibility index (Phi) is 6.82. The van der Waals surface area contributed by atoms with E-state index in [0.29, 0.717) is 26.3 Å². The molecule has 1 atom stereocenters. The van der Waals surface area contributed by atoms with Gasteiger partial charge in [0.1, 0.15) is 6.10 Å². The van der Waals surface area contributed by atoms with Crippen LogP contribution in [0.25, 0.3) is 12.2 Å². The average Bonchev–Trinajstić information content (AvgIpc) is 3.48. The van der Waals surface area contributed by atoms with Crippen LogP contribution >= 0.6 is 0 Å². The van der Waals surface area contributed by atoms with Crippen molar-refractivity contribution < 1.29 is 14.3 Å². The number of aromatic nitrogens is 2. The summed E-state index contributed by atoms with van der Waals surface area (Å²) in [4.78, 5) is 14.9. The highest BCUT2D eigenvalue weighted by atomic mass is 16.5. The molecule has 0 spiro atoms. The van der Waals surface area contributed by atoms with E-state index >= 15 is 0 Å². The van der Waals surface area contributed by atoms with E-state index in [4.69, 9.17) is 14.6 Å². The molecule has 0 unspecified atom stereocenters. The standard InChI is InChI=1S/C20H30N4O3/c1-4-16-17(22-24(18(16)5-2)10-6-11-26-3)14-23(15-7-8-15)20(25)19-13-21-9-12-27-19/h4-5,15,19,21H,1-2,6-14H2,3H3/t19-/m1/s1. The van der Waals surface area contributed by atoms with Gasteiger partial charge in [-0.3, -0.25) is 9.48 Å². The first kappa shape index (κ1) is 19.8. The van der Waals surface area contributed by atoms with Crippen LogP contribution in [0.2, 0.25) is 0 Å². The smallest absolute Gasteiger partial charge is 0.253 e. The fourth-order valence-corrected chi connectivity index (χ4v) is 3.47. The van der Waals surface area contributed by atoms with Crippen molar-refractivity contribution in [1.82, 2.24) is 20.0 Å². The number of rotatable bonds is 10. The Balaban J connectivity index is 1.79. The number of ether oxygens (including phenoxy) is 2. The zero-order valence-corrected chi connectivity index (χ0v) is 16.2. The first-order chi connectivity index (χ1) is 13.2. The molecule has 2 heterocycles. The molecule has 3 rings (SSSR count). The second kappa shape index (κ2) is 9.30. The van der Waals surface area contributed by atoms with E-state index in [2.05, 4.69) is 18.5 Å². The summed E-state index contributed by atoms with van der Waals surface area (Å²) in [6.07, 6.45) is 6.14. The molecule has 0 radical (unpaired) electrons. The van der Waals surface area contributed by atoms with Crippen molar-refractivity contribution in [2.75, 3.05) is 33.4 Å². The van der Waals surface area contributed by atoms with Gasteiger partial charge in [-0.05, 0) is 25.3 Å². The Morgan fingerprint density at radius 3 is 2.85 bits per heavy atom. The minimum absolute atomic E-state index is 0.0498. The van der Waals surface area contributed by atoms with Gasteiger partial charge in [-0.25, -0.2) is 0 Å². The summed E-state index contributed by atoms with van der Waals surface area (Å²) in [5.41, 5.74) is 2.75. The molecular formula is C20H30N4O3. The van der Waals surface area contributed by atoms with Crippen molar-refractivity contribution in [3.8, 4) is 0 Å². The van der Waals surface area contributed by atoms with E-state index in [1.807, 2.05) is 9.58 Å². The topological polar surface area (TPSA) is 68.6 Å². The molecular weight excluding hydrogens is 344 g/mol. The summed E-state index contributed by atoms with van der Waals surface area (Å²) in [5.74, 6) is 0.0498. The molecule has 1 saturated heterocycles. The van der Waals surface area contributed by atoms with Crippen LogP contribution in [0.4, 0.5) is 0 Å². The van der Waals surface area contributed by atoms with Gasteiger partial charge in [-0.15, -0.1) is 0 Å². The highest BCUT2D eigenvalue weighted by molar-refractivity contribution is 5.82. The number of hydrogen-bond donors (Lipinski definition) is 1. The minimum atomic E-state index is -0.408. The zero-order chi connectivity index (χ0) is 19.2. The molecule has 1 aromatic heterocycles. The molecule has 1 aliphatic carbocycles. The zero-order valence-electron chi connectivity index (χ0n) is 16.2. The number of carbonyl (C=O) groups excluding carboxylic acids is 1. The lowest BCUT2D eigenvalue weighted by molar-refractivity contribution is -0.146. The molecule has 0 bridgehead atoms. The fourth-order valence-electron chi connectivity index (χ4n) is 3.47. The fraction of sp³-hybridized carbons (Fsp3) is 0.600. The van der Waals surface area contributed by atoms with Crippen molar-refractivity contribution >= 4 is 18.1 Å². The third-order valence-electron chi connectivity index (χ3n) is 5.02. The Morgan fingerprint density at radius 1 is 1.44 bits per heavy atom. The van der Waals surface area contributed by atoms with Gasteiger partial charge in [0.15, 0.2) is 0 Å². The van der Waals surface area contributed by atoms with Crippen LogP contribution in [0.5, 0.6) is 0 Å². The van der Waals surface area contributed by atoms with Gasteiger partial charge < -0.3 is 19.7 Å². The lowest BCUT2D eigenvalue weighted by Crippen LogP contribution is -2.49. The molecule has 1 aromatic rings. The summed E-state index contributed by atoms with van der Waals surface area (Å²) < 4.78 is 12.8. The third-order valence-corrected chi connectivity index (χ3v) is 5.02. The molecule has 2 aliphatic rings. The van der Waals surface area contributed by atoms with Crippen molar-refractivity contribution in [3.05, 3.63) is 30.1 Å². The summed E-state index contributed by atoms with van der Waals surface area (Å²) >= 11 is 0. The maximum absolute atomic E-state index is 13.0. The van der Waals surface area contributed by atoms with E-state index in [0.717, 1.165) is 49.3 Å². The molecule has 148 valence electrons.